The van der Waals surface area contributed by atoms with E-state index in [4.69, 9.17) is 0 Å². The van der Waals surface area contributed by atoms with Gasteiger partial charge in [0.15, 0.2) is 6.04 Å². The van der Waals surface area contributed by atoms with Crippen LogP contribution < -0.4 is 22.7 Å². The first-order valence-corrected chi connectivity index (χ1v) is 6.08. The second kappa shape index (κ2) is 6.36. The number of benzene rings is 1. The number of aromatic amines is 1. The van der Waals surface area contributed by atoms with Crippen molar-refractivity contribution in [1.82, 2.24) is 4.98 Å². The van der Waals surface area contributed by atoms with E-state index in [0.717, 1.165) is 20.9 Å². The van der Waals surface area contributed by atoms with Crippen molar-refractivity contribution in [2.24, 2.45) is 0 Å². The van der Waals surface area contributed by atoms with Gasteiger partial charge in [-0.2, -0.15) is 0 Å². The molecule has 0 aliphatic carbocycles. The Bertz CT molecular complexity index is 554. The predicted octanol–water partition coefficient (Wildman–Crippen LogP) is -1.74. The highest BCUT2D eigenvalue weighted by molar-refractivity contribution is 9.10. The van der Waals surface area contributed by atoms with Crippen LogP contribution in [0.5, 0.6) is 0 Å². The molecule has 0 saturated heterocycles. The lowest BCUT2D eigenvalue weighted by molar-refractivity contribution is -0.407. The van der Waals surface area contributed by atoms with Gasteiger partial charge in [-0.1, -0.05) is 12.1 Å². The monoisotopic (exact) mass is 376 g/mol. The highest BCUT2D eigenvalue weighted by Gasteiger charge is 2.20. The molecular weight excluding hydrogens is 364 g/mol. The first-order chi connectivity index (χ1) is 8.13. The van der Waals surface area contributed by atoms with Crippen molar-refractivity contribution in [2.75, 3.05) is 7.11 Å². The van der Waals surface area contributed by atoms with Crippen molar-refractivity contribution in [2.45, 2.75) is 12.5 Å². The molecule has 1 aromatic carbocycles. The van der Waals surface area contributed by atoms with Crippen LogP contribution in [-0.2, 0) is 16.0 Å². The number of carbonyl (C=O) groups excluding carboxylic acids is 1. The zero-order valence-electron chi connectivity index (χ0n) is 9.87. The summed E-state index contributed by atoms with van der Waals surface area (Å²) in [5.74, 6) is -0.283. The maximum atomic E-state index is 11.3. The number of quaternary nitrogens is 1. The normalized spacial score (nSPS) is 11.9. The molecule has 1 heterocycles. The van der Waals surface area contributed by atoms with E-state index < -0.39 is 0 Å². The van der Waals surface area contributed by atoms with Crippen molar-refractivity contribution in [3.63, 3.8) is 0 Å². The third-order valence-corrected chi connectivity index (χ3v) is 3.41. The van der Waals surface area contributed by atoms with Crippen molar-refractivity contribution in [1.29, 1.82) is 0 Å². The lowest BCUT2D eigenvalue weighted by atomic mass is 10.1. The van der Waals surface area contributed by atoms with Crippen LogP contribution in [0.2, 0.25) is 0 Å². The van der Waals surface area contributed by atoms with Crippen LogP contribution in [0.1, 0.15) is 5.56 Å². The zero-order chi connectivity index (χ0) is 12.4. The van der Waals surface area contributed by atoms with E-state index in [0.29, 0.717) is 6.42 Å². The van der Waals surface area contributed by atoms with Crippen LogP contribution in [0.25, 0.3) is 10.9 Å². The number of rotatable bonds is 3. The molecule has 0 unspecified atom stereocenters. The molecule has 18 heavy (non-hydrogen) atoms. The van der Waals surface area contributed by atoms with Gasteiger partial charge in [0.1, 0.15) is 0 Å². The number of esters is 1. The number of methoxy groups -OCH3 is 1. The summed E-state index contributed by atoms with van der Waals surface area (Å²) < 4.78 is 5.69. The quantitative estimate of drug-likeness (QED) is 0.623. The highest BCUT2D eigenvalue weighted by Crippen LogP contribution is 2.26. The first kappa shape index (κ1) is 15.2. The Morgan fingerprint density at radius 2 is 2.28 bits per heavy atom. The smallest absolute Gasteiger partial charge is 0.364 e. The van der Waals surface area contributed by atoms with Gasteiger partial charge in [-0.05, 0) is 27.6 Å². The van der Waals surface area contributed by atoms with Gasteiger partial charge in [-0.15, -0.1) is 0 Å². The lowest BCUT2D eigenvalue weighted by Gasteiger charge is -2.05. The number of nitrogens with one attached hydrogen (secondary N) is 1. The minimum atomic E-state index is -0.377. The number of para-hydroxylation sites is 1. The molecule has 0 aliphatic rings. The van der Waals surface area contributed by atoms with Crippen LogP contribution in [-0.4, -0.2) is 24.1 Å². The summed E-state index contributed by atoms with van der Waals surface area (Å²) in [6, 6.07) is 5.60. The van der Waals surface area contributed by atoms with Crippen LogP contribution in [0, 0.1) is 0 Å². The molecule has 0 bridgehead atoms. The summed E-state index contributed by atoms with van der Waals surface area (Å²) in [5, 5.41) is 1.11. The third kappa shape index (κ3) is 2.93. The van der Waals surface area contributed by atoms with E-state index >= 15 is 0 Å². The minimum absolute atomic E-state index is 0. The maximum Gasteiger partial charge on any atom is 0.364 e. The first-order valence-electron chi connectivity index (χ1n) is 5.29. The summed E-state index contributed by atoms with van der Waals surface area (Å²) in [6.45, 7) is 0. The fourth-order valence-corrected chi connectivity index (χ4v) is 2.34. The summed E-state index contributed by atoms with van der Waals surface area (Å²) >= 11 is 3.48. The average molecular weight is 378 g/mol. The number of fused-ring (bicyclic) bond motifs is 1. The van der Waals surface area contributed by atoms with Gasteiger partial charge >= 0.3 is 5.97 Å². The van der Waals surface area contributed by atoms with E-state index in [1.807, 2.05) is 24.4 Å². The standard InChI is InChI=1S/C12H13BrN2O2.BrH/c1-17-12(16)10(14)5-7-6-15-11-8(7)3-2-4-9(11)13;/h2-4,6,10,15H,5,14H2,1H3;1H/t10-;/m0./s1. The molecule has 98 valence electrons. The Labute approximate surface area is 124 Å². The molecular formula is C12H14Br2N2O2. The summed E-state index contributed by atoms with van der Waals surface area (Å²) in [6.07, 6.45) is 2.49. The van der Waals surface area contributed by atoms with Gasteiger partial charge in [-0.3, -0.25) is 0 Å². The van der Waals surface area contributed by atoms with Crippen molar-refractivity contribution in [3.05, 3.63) is 34.4 Å². The molecule has 0 fully saturated rings. The molecule has 2 rings (SSSR count). The third-order valence-electron chi connectivity index (χ3n) is 2.75. The molecule has 2 aromatic rings. The highest BCUT2D eigenvalue weighted by atomic mass is 79.9. The average Bonchev–Trinajstić information content (AvgIpc) is 2.73. The summed E-state index contributed by atoms with van der Waals surface area (Å²) in [5.41, 5.74) is 5.93. The van der Waals surface area contributed by atoms with Crippen LogP contribution in [0.4, 0.5) is 0 Å². The number of H-pyrrole nitrogens is 1. The van der Waals surface area contributed by atoms with Crippen LogP contribution in [0.3, 0.4) is 0 Å². The van der Waals surface area contributed by atoms with Gasteiger partial charge in [-0.25, -0.2) is 4.79 Å². The van der Waals surface area contributed by atoms with Crippen LogP contribution in [0.15, 0.2) is 28.9 Å². The number of aromatic nitrogens is 1. The predicted molar refractivity (Wildman–Crippen MR) is 68.4 cm³/mol. The van der Waals surface area contributed by atoms with Crippen molar-refractivity contribution >= 4 is 32.8 Å². The molecule has 0 aliphatic heterocycles. The Morgan fingerprint density at radius 1 is 1.56 bits per heavy atom. The number of carbonyl (C=O) groups is 1. The molecule has 0 radical (unpaired) electrons. The van der Waals surface area contributed by atoms with E-state index in [1.165, 1.54) is 7.11 Å². The van der Waals surface area contributed by atoms with E-state index in [1.54, 1.807) is 0 Å². The Hall–Kier alpha value is -0.850. The SMILES string of the molecule is COC(=O)[C@@H]([NH3+])Cc1c[nH]c2c(Br)cccc12.[Br-]. The molecule has 4 nitrogen and oxygen atoms in total. The van der Waals surface area contributed by atoms with Crippen molar-refractivity contribution < 1.29 is 32.2 Å². The Morgan fingerprint density at radius 3 is 2.94 bits per heavy atom. The molecule has 1 aromatic heterocycles. The number of hydrogen-bond acceptors (Lipinski definition) is 2. The van der Waals surface area contributed by atoms with Gasteiger partial charge < -0.3 is 32.4 Å². The molecule has 0 saturated carbocycles. The fourth-order valence-electron chi connectivity index (χ4n) is 1.86. The van der Waals surface area contributed by atoms with E-state index in [9.17, 15) is 4.79 Å². The zero-order valence-corrected chi connectivity index (χ0v) is 13.0. The number of halogens is 2. The van der Waals surface area contributed by atoms with Crippen molar-refractivity contribution in [3.8, 4) is 0 Å². The van der Waals surface area contributed by atoms with Crippen LogP contribution >= 0.6 is 15.9 Å². The second-order valence-corrected chi connectivity index (χ2v) is 4.75. The Kier molecular flexibility index (Phi) is 5.37. The minimum Gasteiger partial charge on any atom is -1.00 e. The molecule has 1 atom stereocenters. The summed E-state index contributed by atoms with van der Waals surface area (Å²) in [4.78, 5) is 14.5. The van der Waals surface area contributed by atoms with Gasteiger partial charge in [0.05, 0.1) is 12.6 Å². The molecule has 0 amide bonds. The maximum absolute atomic E-state index is 11.3. The second-order valence-electron chi connectivity index (χ2n) is 3.90. The van der Waals surface area contributed by atoms with Gasteiger partial charge in [0, 0.05) is 22.5 Å². The molecule has 4 N–H and O–H groups in total. The molecule has 6 heteroatoms. The lowest BCUT2D eigenvalue weighted by Crippen LogP contribution is -3.00. The van der Waals surface area contributed by atoms with Gasteiger partial charge in [0.25, 0.3) is 0 Å². The number of ether oxygens (including phenoxy) is 1. The largest absolute Gasteiger partial charge is 1.00 e. The van der Waals surface area contributed by atoms with E-state index in [2.05, 4.69) is 31.4 Å². The Balaban J connectivity index is 0.00000162. The summed E-state index contributed by atoms with van der Waals surface area (Å²) in [7, 11) is 1.38. The fraction of sp³-hybridized carbons (Fsp3) is 0.250. The van der Waals surface area contributed by atoms with Gasteiger partial charge in [0.2, 0.25) is 0 Å². The number of hydrogen-bond donors (Lipinski definition) is 2. The molecule has 0 spiro atoms. The van der Waals surface area contributed by atoms with E-state index in [-0.39, 0.29) is 29.0 Å². The topological polar surface area (TPSA) is 69.7 Å².